The third-order valence-electron chi connectivity index (χ3n) is 2.70. The summed E-state index contributed by atoms with van der Waals surface area (Å²) in [6.45, 7) is 2.38. The number of hydrogen-bond acceptors (Lipinski definition) is 2. The van der Waals surface area contributed by atoms with E-state index in [1.165, 1.54) is 0 Å². The number of nitrogens with one attached hydrogen (secondary N) is 2. The molecule has 0 aliphatic heterocycles. The zero-order valence-corrected chi connectivity index (χ0v) is 14.2. The minimum atomic E-state index is 0.418. The van der Waals surface area contributed by atoms with Crippen molar-refractivity contribution in [3.05, 3.63) is 56.7 Å². The van der Waals surface area contributed by atoms with Crippen LogP contribution in [-0.2, 0) is 6.54 Å². The zero-order valence-electron chi connectivity index (χ0n) is 11.1. The molecule has 2 N–H and O–H groups in total. The molecule has 2 rings (SSSR count). The second-order valence-corrected chi connectivity index (χ2v) is 5.98. The molecule has 0 atom stereocenters. The molecular formula is C14H12Cl3N3S. The van der Waals surface area contributed by atoms with Crippen LogP contribution in [0.4, 0.5) is 5.82 Å². The lowest BCUT2D eigenvalue weighted by Gasteiger charge is -2.12. The molecule has 0 unspecified atom stereocenters. The van der Waals surface area contributed by atoms with E-state index in [0.717, 1.165) is 5.56 Å². The van der Waals surface area contributed by atoms with Gasteiger partial charge in [0.25, 0.3) is 0 Å². The van der Waals surface area contributed by atoms with E-state index in [1.54, 1.807) is 13.0 Å². The predicted molar refractivity (Wildman–Crippen MR) is 93.5 cm³/mol. The molecule has 0 fully saturated rings. The third-order valence-corrected chi connectivity index (χ3v) is 3.87. The first-order valence-electron chi connectivity index (χ1n) is 6.07. The molecule has 110 valence electrons. The molecule has 0 spiro atoms. The molecule has 1 aromatic carbocycles. The number of aromatic nitrogens is 1. The molecule has 1 heterocycles. The number of hydrogen-bond donors (Lipinski definition) is 2. The number of anilines is 1. The Kier molecular flexibility index (Phi) is 5.65. The standard InChI is InChI=1S/C14H12Cl3N3S/c1-8-11(16)6-12(17)13(19-8)20-14(21)18-7-9-2-4-10(15)5-3-9/h2-6H,7H2,1H3,(H2,18,19,20,21). The van der Waals surface area contributed by atoms with Gasteiger partial charge in [-0.1, -0.05) is 46.9 Å². The summed E-state index contributed by atoms with van der Waals surface area (Å²) >= 11 is 23.1. The van der Waals surface area contributed by atoms with Gasteiger partial charge in [0.1, 0.15) is 0 Å². The highest BCUT2D eigenvalue weighted by Crippen LogP contribution is 2.25. The predicted octanol–water partition coefficient (Wildman–Crippen LogP) is 4.84. The van der Waals surface area contributed by atoms with E-state index < -0.39 is 0 Å². The van der Waals surface area contributed by atoms with E-state index >= 15 is 0 Å². The number of benzene rings is 1. The van der Waals surface area contributed by atoms with E-state index in [1.807, 2.05) is 24.3 Å². The number of pyridine rings is 1. The lowest BCUT2D eigenvalue weighted by atomic mass is 10.2. The summed E-state index contributed by atoms with van der Waals surface area (Å²) in [5, 5.41) is 8.10. The maximum atomic E-state index is 6.07. The van der Waals surface area contributed by atoms with Crippen LogP contribution in [0.3, 0.4) is 0 Å². The molecule has 0 saturated carbocycles. The quantitative estimate of drug-likeness (QED) is 0.768. The molecule has 0 aliphatic rings. The molecule has 0 aliphatic carbocycles. The van der Waals surface area contributed by atoms with Crippen molar-refractivity contribution < 1.29 is 0 Å². The highest BCUT2D eigenvalue weighted by molar-refractivity contribution is 7.80. The molecule has 7 heteroatoms. The molecule has 1 aromatic heterocycles. The van der Waals surface area contributed by atoms with Crippen LogP contribution in [0.1, 0.15) is 11.3 Å². The molecule has 0 amide bonds. The van der Waals surface area contributed by atoms with Crippen LogP contribution >= 0.6 is 47.0 Å². The average Bonchev–Trinajstić information content (AvgIpc) is 2.44. The first-order chi connectivity index (χ1) is 9.95. The highest BCUT2D eigenvalue weighted by atomic mass is 35.5. The van der Waals surface area contributed by atoms with Crippen LogP contribution in [0, 0.1) is 6.92 Å². The summed E-state index contributed by atoms with van der Waals surface area (Å²) in [6, 6.07) is 9.15. The molecule has 0 saturated heterocycles. The van der Waals surface area contributed by atoms with Gasteiger partial charge in [0.05, 0.1) is 15.7 Å². The molecule has 0 bridgehead atoms. The second-order valence-electron chi connectivity index (χ2n) is 4.32. The smallest absolute Gasteiger partial charge is 0.172 e. The Hall–Kier alpha value is -1.07. The number of aryl methyl sites for hydroxylation is 1. The fourth-order valence-corrected chi connectivity index (χ4v) is 2.28. The van der Waals surface area contributed by atoms with Gasteiger partial charge in [-0.15, -0.1) is 0 Å². The van der Waals surface area contributed by atoms with Crippen LogP contribution in [-0.4, -0.2) is 10.1 Å². The van der Waals surface area contributed by atoms with Gasteiger partial charge in [-0.25, -0.2) is 4.98 Å². The summed E-state index contributed by atoms with van der Waals surface area (Å²) in [6.07, 6.45) is 0. The molecule has 2 aromatic rings. The van der Waals surface area contributed by atoms with Gasteiger partial charge in [-0.05, 0) is 42.9 Å². The Morgan fingerprint density at radius 1 is 1.14 bits per heavy atom. The van der Waals surface area contributed by atoms with Gasteiger partial charge in [0.15, 0.2) is 10.9 Å². The van der Waals surface area contributed by atoms with Gasteiger partial charge >= 0.3 is 0 Å². The van der Waals surface area contributed by atoms with E-state index in [2.05, 4.69) is 15.6 Å². The van der Waals surface area contributed by atoms with E-state index in [9.17, 15) is 0 Å². The van der Waals surface area contributed by atoms with Crippen molar-refractivity contribution in [2.24, 2.45) is 0 Å². The van der Waals surface area contributed by atoms with Crippen molar-refractivity contribution in [1.29, 1.82) is 0 Å². The number of nitrogens with zero attached hydrogens (tertiary/aromatic N) is 1. The van der Waals surface area contributed by atoms with Crippen LogP contribution < -0.4 is 10.6 Å². The van der Waals surface area contributed by atoms with Crippen molar-refractivity contribution in [2.45, 2.75) is 13.5 Å². The molecule has 3 nitrogen and oxygen atoms in total. The summed E-state index contributed by atoms with van der Waals surface area (Å²) < 4.78 is 0. The van der Waals surface area contributed by atoms with Gasteiger partial charge in [-0.3, -0.25) is 0 Å². The summed E-state index contributed by atoms with van der Waals surface area (Å²) in [7, 11) is 0. The minimum Gasteiger partial charge on any atom is -0.358 e. The van der Waals surface area contributed by atoms with Gasteiger partial charge in [0, 0.05) is 11.6 Å². The maximum Gasteiger partial charge on any atom is 0.172 e. The normalized spacial score (nSPS) is 10.3. The average molecular weight is 361 g/mol. The monoisotopic (exact) mass is 359 g/mol. The Bertz CT molecular complexity index is 659. The van der Waals surface area contributed by atoms with Crippen molar-refractivity contribution in [1.82, 2.24) is 10.3 Å². The van der Waals surface area contributed by atoms with Crippen LogP contribution in [0.25, 0.3) is 0 Å². The molecule has 0 radical (unpaired) electrons. The SMILES string of the molecule is Cc1nc(NC(=S)NCc2ccc(Cl)cc2)c(Cl)cc1Cl. The maximum absolute atomic E-state index is 6.07. The lowest BCUT2D eigenvalue weighted by Crippen LogP contribution is -2.28. The number of rotatable bonds is 3. The van der Waals surface area contributed by atoms with Crippen molar-refractivity contribution in [3.63, 3.8) is 0 Å². The van der Waals surface area contributed by atoms with E-state index in [0.29, 0.717) is 38.2 Å². The van der Waals surface area contributed by atoms with Crippen molar-refractivity contribution >= 4 is 58.0 Å². The van der Waals surface area contributed by atoms with Gasteiger partial charge in [-0.2, -0.15) is 0 Å². The zero-order chi connectivity index (χ0) is 15.4. The lowest BCUT2D eigenvalue weighted by molar-refractivity contribution is 0.924. The van der Waals surface area contributed by atoms with Crippen LogP contribution in [0.5, 0.6) is 0 Å². The molecular weight excluding hydrogens is 349 g/mol. The summed E-state index contributed by atoms with van der Waals surface area (Å²) in [5.74, 6) is 0.479. The fourth-order valence-electron chi connectivity index (χ4n) is 1.58. The van der Waals surface area contributed by atoms with Crippen LogP contribution in [0.2, 0.25) is 15.1 Å². The first-order valence-corrected chi connectivity index (χ1v) is 7.62. The van der Waals surface area contributed by atoms with Gasteiger partial charge < -0.3 is 10.6 Å². The first kappa shape index (κ1) is 16.3. The van der Waals surface area contributed by atoms with Crippen molar-refractivity contribution in [3.8, 4) is 0 Å². The van der Waals surface area contributed by atoms with E-state index in [-0.39, 0.29) is 0 Å². The van der Waals surface area contributed by atoms with Gasteiger partial charge in [0.2, 0.25) is 0 Å². The Morgan fingerprint density at radius 3 is 2.48 bits per heavy atom. The minimum absolute atomic E-state index is 0.418. The summed E-state index contributed by atoms with van der Waals surface area (Å²) in [5.41, 5.74) is 1.75. The van der Waals surface area contributed by atoms with Crippen LogP contribution in [0.15, 0.2) is 30.3 Å². The summed E-state index contributed by atoms with van der Waals surface area (Å²) in [4.78, 5) is 4.26. The van der Waals surface area contributed by atoms with Crippen molar-refractivity contribution in [2.75, 3.05) is 5.32 Å². The number of thiocarbonyl (C=S) groups is 1. The fraction of sp³-hybridized carbons (Fsp3) is 0.143. The Morgan fingerprint density at radius 2 is 1.81 bits per heavy atom. The Labute approximate surface area is 143 Å². The Balaban J connectivity index is 1.96. The molecule has 21 heavy (non-hydrogen) atoms. The topological polar surface area (TPSA) is 37.0 Å². The highest BCUT2D eigenvalue weighted by Gasteiger charge is 2.08. The third kappa shape index (κ3) is 4.71. The second kappa shape index (κ2) is 7.27. The largest absolute Gasteiger partial charge is 0.358 e. The number of halogens is 3. The van der Waals surface area contributed by atoms with E-state index in [4.69, 9.17) is 47.0 Å².